The Hall–Kier alpha value is -2.96. The van der Waals surface area contributed by atoms with Crippen molar-refractivity contribution in [2.45, 2.75) is 38.6 Å². The second kappa shape index (κ2) is 5.02. The predicted octanol–water partition coefficient (Wildman–Crippen LogP) is 2.63. The lowest BCUT2D eigenvalue weighted by atomic mass is 9.97. The quantitative estimate of drug-likeness (QED) is 0.622. The number of aromatic carboxylic acids is 1. The van der Waals surface area contributed by atoms with Gasteiger partial charge < -0.3 is 5.11 Å². The Balaban J connectivity index is 1.86. The van der Waals surface area contributed by atoms with Crippen LogP contribution in [0, 0.1) is 0 Å². The average Bonchev–Trinajstić information content (AvgIpc) is 3.25. The maximum Gasteiger partial charge on any atom is 0.356 e. The second-order valence-electron chi connectivity index (χ2n) is 6.66. The van der Waals surface area contributed by atoms with Crippen LogP contribution in [0.3, 0.4) is 0 Å². The van der Waals surface area contributed by atoms with Gasteiger partial charge in [-0.2, -0.15) is 5.10 Å². The summed E-state index contributed by atoms with van der Waals surface area (Å²) in [7, 11) is 0. The summed E-state index contributed by atoms with van der Waals surface area (Å²) in [5.41, 5.74) is 5.22. The number of benzene rings is 1. The molecule has 1 fully saturated rings. The number of fused-ring (bicyclic) bond motifs is 5. The smallest absolute Gasteiger partial charge is 0.356 e. The molecule has 0 unspecified atom stereocenters. The molecule has 25 heavy (non-hydrogen) atoms. The first-order chi connectivity index (χ1) is 12.2. The minimum Gasteiger partial charge on any atom is -0.476 e. The van der Waals surface area contributed by atoms with Crippen LogP contribution in [0.15, 0.2) is 24.8 Å². The standard InChI is InChI=1S/C18H17N5O2/c1-2-10-5-12(11-3-4-11)6-13-16(10)22-9-20-15(18(24)25)14(22)7-23-17(13)19-8-21-23/h5-6,8-9,11H,2-4,7H2,1H3,(H,24,25). The van der Waals surface area contributed by atoms with Gasteiger partial charge in [-0.3, -0.25) is 4.57 Å². The number of carboxylic acids is 1. The first-order valence-corrected chi connectivity index (χ1v) is 8.52. The molecule has 3 heterocycles. The molecule has 0 bridgehead atoms. The van der Waals surface area contributed by atoms with Crippen molar-refractivity contribution in [3.05, 3.63) is 47.3 Å². The molecule has 1 saturated carbocycles. The highest BCUT2D eigenvalue weighted by Crippen LogP contribution is 2.44. The summed E-state index contributed by atoms with van der Waals surface area (Å²) in [6.45, 7) is 2.46. The molecule has 3 aromatic rings. The summed E-state index contributed by atoms with van der Waals surface area (Å²) in [5, 5.41) is 13.8. The third-order valence-corrected chi connectivity index (χ3v) is 5.11. The molecule has 7 nitrogen and oxygen atoms in total. The minimum absolute atomic E-state index is 0.0719. The van der Waals surface area contributed by atoms with Gasteiger partial charge in [-0.25, -0.2) is 19.4 Å². The highest BCUT2D eigenvalue weighted by molar-refractivity contribution is 5.87. The van der Waals surface area contributed by atoms with Crippen molar-refractivity contribution < 1.29 is 9.90 Å². The molecular formula is C18H17N5O2. The summed E-state index contributed by atoms with van der Waals surface area (Å²) < 4.78 is 3.67. The van der Waals surface area contributed by atoms with Crippen LogP contribution in [0.4, 0.5) is 0 Å². The average molecular weight is 335 g/mol. The zero-order valence-electron chi connectivity index (χ0n) is 13.8. The largest absolute Gasteiger partial charge is 0.476 e. The monoisotopic (exact) mass is 335 g/mol. The number of hydrogen-bond donors (Lipinski definition) is 1. The van der Waals surface area contributed by atoms with Crippen molar-refractivity contribution in [1.82, 2.24) is 24.3 Å². The van der Waals surface area contributed by atoms with Gasteiger partial charge in [0.1, 0.15) is 12.7 Å². The van der Waals surface area contributed by atoms with E-state index in [-0.39, 0.29) is 5.69 Å². The number of hydrogen-bond acceptors (Lipinski definition) is 4. The highest BCUT2D eigenvalue weighted by Gasteiger charge is 2.30. The SMILES string of the molecule is CCc1cc(C2CC2)cc2c1-n1cnc(C(=O)O)c1Cn1ncnc1-2. The first kappa shape index (κ1) is 14.4. The van der Waals surface area contributed by atoms with Crippen LogP contribution in [0.2, 0.25) is 0 Å². The van der Waals surface area contributed by atoms with Crippen LogP contribution in [-0.4, -0.2) is 35.4 Å². The van der Waals surface area contributed by atoms with Gasteiger partial charge in [0.05, 0.1) is 17.9 Å². The molecule has 7 heteroatoms. The first-order valence-electron chi connectivity index (χ1n) is 8.52. The van der Waals surface area contributed by atoms with Gasteiger partial charge in [-0.05, 0) is 42.4 Å². The van der Waals surface area contributed by atoms with E-state index in [4.69, 9.17) is 0 Å². The van der Waals surface area contributed by atoms with Crippen molar-refractivity contribution in [2.75, 3.05) is 0 Å². The summed E-state index contributed by atoms with van der Waals surface area (Å²) >= 11 is 0. The molecular weight excluding hydrogens is 318 g/mol. The number of carbonyl (C=O) groups is 1. The van der Waals surface area contributed by atoms with Crippen LogP contribution in [0.25, 0.3) is 17.1 Å². The molecule has 2 aliphatic rings. The number of aromatic nitrogens is 5. The van der Waals surface area contributed by atoms with E-state index in [2.05, 4.69) is 34.1 Å². The van der Waals surface area contributed by atoms with Crippen molar-refractivity contribution in [3.63, 3.8) is 0 Å². The summed E-state index contributed by atoms with van der Waals surface area (Å²) in [6.07, 6.45) is 6.46. The minimum atomic E-state index is -1.02. The normalized spacial score (nSPS) is 15.2. The van der Waals surface area contributed by atoms with Gasteiger partial charge in [0.2, 0.25) is 0 Å². The number of aryl methyl sites for hydroxylation is 1. The maximum absolute atomic E-state index is 11.6. The molecule has 2 aromatic heterocycles. The lowest BCUT2D eigenvalue weighted by Crippen LogP contribution is -2.10. The van der Waals surface area contributed by atoms with Crippen LogP contribution >= 0.6 is 0 Å². The Kier molecular flexibility index (Phi) is 2.89. The van der Waals surface area contributed by atoms with Crippen molar-refractivity contribution >= 4 is 5.97 Å². The van der Waals surface area contributed by atoms with Gasteiger partial charge in [0.15, 0.2) is 11.5 Å². The van der Waals surface area contributed by atoms with E-state index in [9.17, 15) is 9.90 Å². The van der Waals surface area contributed by atoms with Crippen LogP contribution in [0.5, 0.6) is 0 Å². The Morgan fingerprint density at radius 2 is 2.16 bits per heavy atom. The van der Waals surface area contributed by atoms with E-state index in [1.165, 1.54) is 30.3 Å². The van der Waals surface area contributed by atoms with E-state index in [0.29, 0.717) is 18.2 Å². The molecule has 0 spiro atoms. The molecule has 1 aliphatic carbocycles. The Bertz CT molecular complexity index is 1010. The lowest BCUT2D eigenvalue weighted by molar-refractivity contribution is 0.0689. The molecule has 1 N–H and O–H groups in total. The van der Waals surface area contributed by atoms with Crippen LogP contribution < -0.4 is 0 Å². The topological polar surface area (TPSA) is 85.8 Å². The fourth-order valence-corrected chi connectivity index (χ4v) is 3.72. The number of carboxylic acid groups (broad SMARTS) is 1. The Labute approximate surface area is 144 Å². The third-order valence-electron chi connectivity index (χ3n) is 5.11. The predicted molar refractivity (Wildman–Crippen MR) is 90.0 cm³/mol. The van der Waals surface area contributed by atoms with Gasteiger partial charge in [-0.1, -0.05) is 13.0 Å². The fraction of sp³-hybridized carbons (Fsp3) is 0.333. The molecule has 0 radical (unpaired) electrons. The van der Waals surface area contributed by atoms with E-state index >= 15 is 0 Å². The fourth-order valence-electron chi connectivity index (χ4n) is 3.72. The molecule has 126 valence electrons. The summed E-state index contributed by atoms with van der Waals surface area (Å²) in [4.78, 5) is 20.2. The van der Waals surface area contributed by atoms with Crippen molar-refractivity contribution in [1.29, 1.82) is 0 Å². The molecule has 0 atom stereocenters. The summed E-state index contributed by atoms with van der Waals surface area (Å²) in [6, 6.07) is 4.45. The van der Waals surface area contributed by atoms with Gasteiger partial charge in [-0.15, -0.1) is 0 Å². The van der Waals surface area contributed by atoms with Crippen molar-refractivity contribution in [2.24, 2.45) is 0 Å². The second-order valence-corrected chi connectivity index (χ2v) is 6.66. The zero-order valence-corrected chi connectivity index (χ0v) is 13.8. The zero-order chi connectivity index (χ0) is 17.1. The van der Waals surface area contributed by atoms with Crippen LogP contribution in [0.1, 0.15) is 53.0 Å². The van der Waals surface area contributed by atoms with E-state index in [1.54, 1.807) is 11.0 Å². The van der Waals surface area contributed by atoms with Gasteiger partial charge >= 0.3 is 5.97 Å². The van der Waals surface area contributed by atoms with E-state index in [0.717, 1.165) is 23.5 Å². The molecule has 1 aliphatic heterocycles. The lowest BCUT2D eigenvalue weighted by Gasteiger charge is -2.16. The maximum atomic E-state index is 11.6. The summed E-state index contributed by atoms with van der Waals surface area (Å²) in [5.74, 6) is 0.394. The Morgan fingerprint density at radius 3 is 2.88 bits per heavy atom. The van der Waals surface area contributed by atoms with Crippen molar-refractivity contribution in [3.8, 4) is 17.1 Å². The van der Waals surface area contributed by atoms with Gasteiger partial charge in [0.25, 0.3) is 0 Å². The molecule has 1 aromatic carbocycles. The number of nitrogens with zero attached hydrogens (tertiary/aromatic N) is 5. The van der Waals surface area contributed by atoms with Crippen LogP contribution in [-0.2, 0) is 13.0 Å². The molecule has 0 amide bonds. The number of rotatable bonds is 3. The van der Waals surface area contributed by atoms with Gasteiger partial charge in [0, 0.05) is 5.56 Å². The molecule has 0 saturated heterocycles. The Morgan fingerprint density at radius 1 is 1.32 bits per heavy atom. The highest BCUT2D eigenvalue weighted by atomic mass is 16.4. The number of imidazole rings is 1. The van der Waals surface area contributed by atoms with E-state index < -0.39 is 5.97 Å². The molecule has 5 rings (SSSR count). The third kappa shape index (κ3) is 2.05. The van der Waals surface area contributed by atoms with E-state index in [1.807, 2.05) is 4.57 Å².